The lowest BCUT2D eigenvalue weighted by Crippen LogP contribution is -2.52. The number of piperidine rings is 1. The molecule has 3 aliphatic rings. The number of likely N-dealkylation sites (tertiary alicyclic amines) is 1. The zero-order valence-corrected chi connectivity index (χ0v) is 16.1. The number of carbonyl (C=O) groups is 1. The molecule has 26 heavy (non-hydrogen) atoms. The molecule has 1 amide bonds. The van der Waals surface area contributed by atoms with E-state index in [9.17, 15) is 4.79 Å². The standard InChI is InChI=1S/C20H27ClN4O/c1-22-18(25-9-3-6-19(14-25)11-17(26)23-12-19)24-13-20(7-8-20)15-4-2-5-16(21)10-15/h2,4-5,10H,3,6-9,11-14H2,1H3,(H,22,24)(H,23,26). The van der Waals surface area contributed by atoms with Crippen LogP contribution < -0.4 is 10.6 Å². The summed E-state index contributed by atoms with van der Waals surface area (Å²) in [6.07, 6.45) is 5.23. The van der Waals surface area contributed by atoms with Crippen LogP contribution in [0, 0.1) is 5.41 Å². The maximum atomic E-state index is 11.7. The number of halogens is 1. The van der Waals surface area contributed by atoms with Crippen LogP contribution in [0.3, 0.4) is 0 Å². The summed E-state index contributed by atoms with van der Waals surface area (Å²) in [5, 5.41) is 7.42. The average molecular weight is 375 g/mol. The van der Waals surface area contributed by atoms with Crippen molar-refractivity contribution in [2.24, 2.45) is 10.4 Å². The number of guanidine groups is 1. The molecule has 2 saturated heterocycles. The summed E-state index contributed by atoms with van der Waals surface area (Å²) in [5.41, 5.74) is 1.57. The molecule has 140 valence electrons. The quantitative estimate of drug-likeness (QED) is 0.631. The van der Waals surface area contributed by atoms with Crippen molar-refractivity contribution in [2.45, 2.75) is 37.5 Å². The van der Waals surface area contributed by atoms with Crippen LogP contribution in [0.1, 0.15) is 37.7 Å². The van der Waals surface area contributed by atoms with Crippen LogP contribution in [0.25, 0.3) is 0 Å². The molecule has 2 heterocycles. The number of hydrogen-bond acceptors (Lipinski definition) is 2. The van der Waals surface area contributed by atoms with Gasteiger partial charge in [0.05, 0.1) is 0 Å². The summed E-state index contributed by atoms with van der Waals surface area (Å²) in [5.74, 6) is 1.14. The van der Waals surface area contributed by atoms with Crippen molar-refractivity contribution >= 4 is 23.5 Å². The van der Waals surface area contributed by atoms with Crippen molar-refractivity contribution in [2.75, 3.05) is 33.2 Å². The molecule has 4 rings (SSSR count). The fraction of sp³-hybridized carbons (Fsp3) is 0.600. The molecule has 2 aliphatic heterocycles. The summed E-state index contributed by atoms with van der Waals surface area (Å²) < 4.78 is 0. The second-order valence-corrected chi connectivity index (χ2v) is 8.61. The lowest BCUT2D eigenvalue weighted by Gasteiger charge is -2.41. The first kappa shape index (κ1) is 17.7. The van der Waals surface area contributed by atoms with E-state index in [1.165, 1.54) is 18.4 Å². The van der Waals surface area contributed by atoms with Crippen LogP contribution >= 0.6 is 11.6 Å². The fourth-order valence-corrected chi connectivity index (χ4v) is 4.74. The van der Waals surface area contributed by atoms with Gasteiger partial charge in [-0.1, -0.05) is 23.7 Å². The van der Waals surface area contributed by atoms with Gasteiger partial charge < -0.3 is 15.5 Å². The second-order valence-electron chi connectivity index (χ2n) is 8.17. The van der Waals surface area contributed by atoms with E-state index >= 15 is 0 Å². The van der Waals surface area contributed by atoms with Crippen LogP contribution in [0.2, 0.25) is 5.02 Å². The smallest absolute Gasteiger partial charge is 0.220 e. The number of carbonyl (C=O) groups excluding carboxylic acids is 1. The second kappa shape index (κ2) is 6.76. The molecular weight excluding hydrogens is 348 g/mol. The van der Waals surface area contributed by atoms with E-state index < -0.39 is 0 Å². The van der Waals surface area contributed by atoms with Gasteiger partial charge in [0.25, 0.3) is 0 Å². The summed E-state index contributed by atoms with van der Waals surface area (Å²) in [4.78, 5) is 18.6. The Morgan fingerprint density at radius 1 is 1.38 bits per heavy atom. The number of amides is 1. The van der Waals surface area contributed by atoms with Crippen LogP contribution in [-0.2, 0) is 10.2 Å². The molecule has 1 atom stereocenters. The molecule has 0 radical (unpaired) electrons. The first-order chi connectivity index (χ1) is 12.5. The zero-order valence-electron chi connectivity index (χ0n) is 15.4. The summed E-state index contributed by atoms with van der Waals surface area (Å²) in [6, 6.07) is 8.22. The van der Waals surface area contributed by atoms with E-state index in [0.29, 0.717) is 6.42 Å². The highest BCUT2D eigenvalue weighted by molar-refractivity contribution is 6.30. The number of rotatable bonds is 3. The highest BCUT2D eigenvalue weighted by Crippen LogP contribution is 2.48. The van der Waals surface area contributed by atoms with Gasteiger partial charge in [0.2, 0.25) is 5.91 Å². The Morgan fingerprint density at radius 2 is 2.23 bits per heavy atom. The first-order valence-electron chi connectivity index (χ1n) is 9.53. The van der Waals surface area contributed by atoms with Gasteiger partial charge in [0.1, 0.15) is 0 Å². The van der Waals surface area contributed by atoms with Gasteiger partial charge in [-0.3, -0.25) is 9.79 Å². The van der Waals surface area contributed by atoms with Crippen LogP contribution in [0.5, 0.6) is 0 Å². The van der Waals surface area contributed by atoms with Crippen molar-refractivity contribution in [1.29, 1.82) is 0 Å². The predicted molar refractivity (Wildman–Crippen MR) is 105 cm³/mol. The minimum atomic E-state index is 0.0805. The molecule has 2 N–H and O–H groups in total. The number of hydrogen-bond donors (Lipinski definition) is 2. The third-order valence-electron chi connectivity index (χ3n) is 6.24. The fourth-order valence-electron chi connectivity index (χ4n) is 4.55. The summed E-state index contributed by atoms with van der Waals surface area (Å²) in [7, 11) is 1.85. The molecule has 0 aromatic heterocycles. The van der Waals surface area contributed by atoms with Gasteiger partial charge in [-0.25, -0.2) is 0 Å². The van der Waals surface area contributed by atoms with Gasteiger partial charge in [-0.15, -0.1) is 0 Å². The van der Waals surface area contributed by atoms with Crippen molar-refractivity contribution in [1.82, 2.24) is 15.5 Å². The van der Waals surface area contributed by atoms with Gasteiger partial charge in [-0.05, 0) is 43.4 Å². The normalized spacial score (nSPS) is 27.5. The maximum absolute atomic E-state index is 11.7. The minimum absolute atomic E-state index is 0.0805. The number of nitrogens with zero attached hydrogens (tertiary/aromatic N) is 2. The van der Waals surface area contributed by atoms with Gasteiger partial charge in [0, 0.05) is 55.5 Å². The van der Waals surface area contributed by atoms with Gasteiger partial charge >= 0.3 is 0 Å². The maximum Gasteiger partial charge on any atom is 0.220 e. The molecule has 0 bridgehead atoms. The SMILES string of the molecule is CN=C(NCC1(c2cccc(Cl)c2)CC1)N1CCCC2(CNC(=O)C2)C1. The minimum Gasteiger partial charge on any atom is -0.355 e. The molecular formula is C20H27ClN4O. The highest BCUT2D eigenvalue weighted by Gasteiger charge is 2.45. The molecule has 1 aromatic carbocycles. The van der Waals surface area contributed by atoms with E-state index in [-0.39, 0.29) is 16.7 Å². The Morgan fingerprint density at radius 3 is 2.88 bits per heavy atom. The predicted octanol–water partition coefficient (Wildman–Crippen LogP) is 2.55. The Bertz CT molecular complexity index is 730. The average Bonchev–Trinajstić information content (AvgIpc) is 3.35. The van der Waals surface area contributed by atoms with Crippen molar-refractivity contribution in [3.63, 3.8) is 0 Å². The van der Waals surface area contributed by atoms with E-state index in [1.54, 1.807) is 0 Å². The first-order valence-corrected chi connectivity index (χ1v) is 9.90. The van der Waals surface area contributed by atoms with Crippen molar-refractivity contribution in [3.8, 4) is 0 Å². The van der Waals surface area contributed by atoms with E-state index in [4.69, 9.17) is 11.6 Å². The highest BCUT2D eigenvalue weighted by atomic mass is 35.5. The van der Waals surface area contributed by atoms with E-state index in [2.05, 4.69) is 32.7 Å². The largest absolute Gasteiger partial charge is 0.355 e. The number of benzene rings is 1. The van der Waals surface area contributed by atoms with Crippen molar-refractivity contribution in [3.05, 3.63) is 34.9 Å². The van der Waals surface area contributed by atoms with Crippen LogP contribution in [-0.4, -0.2) is 50.0 Å². The molecule has 1 unspecified atom stereocenters. The third kappa shape index (κ3) is 3.41. The number of aliphatic imine (C=N–C) groups is 1. The monoisotopic (exact) mass is 374 g/mol. The molecule has 1 aliphatic carbocycles. The third-order valence-corrected chi connectivity index (χ3v) is 6.48. The topological polar surface area (TPSA) is 56.7 Å². The molecule has 6 heteroatoms. The molecule has 5 nitrogen and oxygen atoms in total. The van der Waals surface area contributed by atoms with Gasteiger partial charge in [-0.2, -0.15) is 0 Å². The Balaban J connectivity index is 1.41. The van der Waals surface area contributed by atoms with E-state index in [1.807, 2.05) is 19.2 Å². The molecule has 3 fully saturated rings. The summed E-state index contributed by atoms with van der Waals surface area (Å²) >= 11 is 6.19. The number of nitrogens with one attached hydrogen (secondary N) is 2. The lowest BCUT2D eigenvalue weighted by molar-refractivity contribution is -0.119. The van der Waals surface area contributed by atoms with Gasteiger partial charge in [0.15, 0.2) is 5.96 Å². The lowest BCUT2D eigenvalue weighted by atomic mass is 9.79. The molecule has 1 aromatic rings. The van der Waals surface area contributed by atoms with E-state index in [0.717, 1.165) is 50.0 Å². The van der Waals surface area contributed by atoms with Crippen LogP contribution in [0.15, 0.2) is 29.3 Å². The van der Waals surface area contributed by atoms with Crippen LogP contribution in [0.4, 0.5) is 0 Å². The Labute approximate surface area is 160 Å². The van der Waals surface area contributed by atoms with Crippen molar-refractivity contribution < 1.29 is 4.79 Å². The molecule has 1 saturated carbocycles. The Kier molecular flexibility index (Phi) is 4.59. The molecule has 1 spiro atoms. The zero-order chi connectivity index (χ0) is 18.2. The summed E-state index contributed by atoms with van der Waals surface area (Å²) in [6.45, 7) is 3.57. The Hall–Kier alpha value is -1.75.